The number of nitro benzene ring substituents is 1. The number of carbonyl (C=O) groups is 1. The first kappa shape index (κ1) is 21.3. The molecule has 0 aliphatic rings. The largest absolute Gasteiger partial charge is 0.457 e. The maximum absolute atomic E-state index is 12.3. The van der Waals surface area contributed by atoms with E-state index in [1.165, 1.54) is 6.07 Å². The van der Waals surface area contributed by atoms with Gasteiger partial charge in [-0.15, -0.1) is 0 Å². The summed E-state index contributed by atoms with van der Waals surface area (Å²) in [5.41, 5.74) is 0.947. The van der Waals surface area contributed by atoms with Crippen LogP contribution < -0.4 is 10.1 Å². The van der Waals surface area contributed by atoms with Crippen molar-refractivity contribution >= 4 is 17.2 Å². The molecule has 0 spiro atoms. The monoisotopic (exact) mass is 386 g/mol. The Kier molecular flexibility index (Phi) is 7.88. The maximum Gasteiger partial charge on any atom is 0.296 e. The van der Waals surface area contributed by atoms with Crippen LogP contribution in [0.1, 0.15) is 26.0 Å². The van der Waals surface area contributed by atoms with Crippen LogP contribution in [0.2, 0.25) is 0 Å². The number of pyridine rings is 1. The molecule has 8 heteroatoms. The lowest BCUT2D eigenvalue weighted by Crippen LogP contribution is -2.31. The zero-order valence-corrected chi connectivity index (χ0v) is 16.5. The maximum atomic E-state index is 12.3. The van der Waals surface area contributed by atoms with Crippen LogP contribution in [0.15, 0.2) is 36.5 Å². The second-order valence-corrected chi connectivity index (χ2v) is 6.36. The van der Waals surface area contributed by atoms with Crippen LogP contribution in [0.3, 0.4) is 0 Å². The SMILES string of the molecule is CCCN(CC)CC(=O)Cc1cc(Oc2ccc(NC)c([N+](=O)[O-])c2)ccn1. The van der Waals surface area contributed by atoms with Gasteiger partial charge in [-0.05, 0) is 37.7 Å². The topological polar surface area (TPSA) is 97.6 Å². The van der Waals surface area contributed by atoms with Gasteiger partial charge >= 0.3 is 0 Å². The van der Waals surface area contributed by atoms with E-state index in [1.54, 1.807) is 37.5 Å². The molecule has 1 aromatic carbocycles. The van der Waals surface area contributed by atoms with Crippen LogP contribution >= 0.6 is 0 Å². The van der Waals surface area contributed by atoms with Gasteiger partial charge < -0.3 is 10.1 Å². The number of Topliss-reactive ketones (excluding diaryl/α,β-unsaturated/α-hetero) is 1. The molecule has 0 unspecified atom stereocenters. The van der Waals surface area contributed by atoms with Gasteiger partial charge in [0, 0.05) is 19.3 Å². The fourth-order valence-electron chi connectivity index (χ4n) is 2.86. The van der Waals surface area contributed by atoms with Crippen LogP contribution in [0.4, 0.5) is 11.4 Å². The fraction of sp³-hybridized carbons (Fsp3) is 0.400. The van der Waals surface area contributed by atoms with Crippen LogP contribution in [0, 0.1) is 10.1 Å². The lowest BCUT2D eigenvalue weighted by molar-refractivity contribution is -0.384. The molecule has 2 rings (SSSR count). The van der Waals surface area contributed by atoms with Gasteiger partial charge in [-0.1, -0.05) is 13.8 Å². The molecule has 1 N–H and O–H groups in total. The highest BCUT2D eigenvalue weighted by Crippen LogP contribution is 2.31. The smallest absolute Gasteiger partial charge is 0.296 e. The number of rotatable bonds is 11. The number of hydrogen-bond donors (Lipinski definition) is 1. The van der Waals surface area contributed by atoms with Crippen molar-refractivity contribution in [3.05, 3.63) is 52.3 Å². The van der Waals surface area contributed by atoms with Crippen molar-refractivity contribution < 1.29 is 14.5 Å². The summed E-state index contributed by atoms with van der Waals surface area (Å²) in [6, 6.07) is 7.94. The Morgan fingerprint density at radius 1 is 1.25 bits per heavy atom. The van der Waals surface area contributed by atoms with Gasteiger partial charge in [0.2, 0.25) is 0 Å². The molecule has 0 radical (unpaired) electrons. The Morgan fingerprint density at radius 3 is 2.64 bits per heavy atom. The lowest BCUT2D eigenvalue weighted by Gasteiger charge is -2.18. The van der Waals surface area contributed by atoms with Gasteiger partial charge in [-0.3, -0.25) is 24.8 Å². The Balaban J connectivity index is 2.08. The third-order valence-corrected chi connectivity index (χ3v) is 4.22. The number of ether oxygens (including phenoxy) is 1. The highest BCUT2D eigenvalue weighted by molar-refractivity contribution is 5.82. The van der Waals surface area contributed by atoms with Crippen molar-refractivity contribution in [1.29, 1.82) is 0 Å². The molecule has 1 aromatic heterocycles. The molecular formula is C20H26N4O4. The highest BCUT2D eigenvalue weighted by atomic mass is 16.6. The average Bonchev–Trinajstić information content (AvgIpc) is 2.67. The first-order chi connectivity index (χ1) is 13.5. The lowest BCUT2D eigenvalue weighted by atomic mass is 10.2. The zero-order chi connectivity index (χ0) is 20.5. The van der Waals surface area contributed by atoms with Crippen LogP contribution in [0.25, 0.3) is 0 Å². The number of nitro groups is 1. The summed E-state index contributed by atoms with van der Waals surface area (Å²) in [5.74, 6) is 0.911. The summed E-state index contributed by atoms with van der Waals surface area (Å²) in [6.07, 6.45) is 2.79. The van der Waals surface area contributed by atoms with Crippen molar-refractivity contribution in [2.45, 2.75) is 26.7 Å². The second kappa shape index (κ2) is 10.4. The summed E-state index contributed by atoms with van der Waals surface area (Å²) in [7, 11) is 1.62. The molecule has 0 saturated carbocycles. The van der Waals surface area contributed by atoms with E-state index >= 15 is 0 Å². The summed E-state index contributed by atoms with van der Waals surface area (Å²) in [5, 5.41) is 14.0. The molecule has 150 valence electrons. The Hall–Kier alpha value is -3.00. The highest BCUT2D eigenvalue weighted by Gasteiger charge is 2.15. The molecular weight excluding hydrogens is 360 g/mol. The normalized spacial score (nSPS) is 10.7. The number of hydrogen-bond acceptors (Lipinski definition) is 7. The van der Waals surface area contributed by atoms with E-state index in [1.807, 2.05) is 6.92 Å². The summed E-state index contributed by atoms with van der Waals surface area (Å²) in [6.45, 7) is 6.24. The number of aromatic nitrogens is 1. The molecule has 0 fully saturated rings. The van der Waals surface area contributed by atoms with Crippen LogP contribution in [0.5, 0.6) is 11.5 Å². The quantitative estimate of drug-likeness (QED) is 0.465. The predicted molar refractivity (Wildman–Crippen MR) is 108 cm³/mol. The van der Waals surface area contributed by atoms with Crippen molar-refractivity contribution in [1.82, 2.24) is 9.88 Å². The minimum atomic E-state index is -0.467. The third kappa shape index (κ3) is 6.02. The van der Waals surface area contributed by atoms with E-state index in [-0.39, 0.29) is 17.9 Å². The number of anilines is 1. The Morgan fingerprint density at radius 2 is 2.00 bits per heavy atom. The van der Waals surface area contributed by atoms with Gasteiger partial charge in [0.05, 0.1) is 29.6 Å². The van der Waals surface area contributed by atoms with Crippen molar-refractivity contribution in [2.24, 2.45) is 0 Å². The molecule has 1 heterocycles. The molecule has 0 aliphatic heterocycles. The van der Waals surface area contributed by atoms with E-state index in [4.69, 9.17) is 4.74 Å². The summed E-state index contributed by atoms with van der Waals surface area (Å²) in [4.78, 5) is 29.4. The van der Waals surface area contributed by atoms with Gasteiger partial charge in [-0.25, -0.2) is 0 Å². The summed E-state index contributed by atoms with van der Waals surface area (Å²) < 4.78 is 5.74. The predicted octanol–water partition coefficient (Wildman–Crippen LogP) is 3.67. The minimum Gasteiger partial charge on any atom is -0.457 e. The van der Waals surface area contributed by atoms with E-state index in [9.17, 15) is 14.9 Å². The summed E-state index contributed by atoms with van der Waals surface area (Å²) >= 11 is 0. The molecule has 2 aromatic rings. The van der Waals surface area contributed by atoms with Crippen LogP contribution in [-0.4, -0.2) is 47.3 Å². The fourth-order valence-corrected chi connectivity index (χ4v) is 2.86. The van der Waals surface area contributed by atoms with E-state index < -0.39 is 4.92 Å². The number of benzene rings is 1. The van der Waals surface area contributed by atoms with Gasteiger partial charge in [0.25, 0.3) is 5.69 Å². The number of carbonyl (C=O) groups excluding carboxylic acids is 1. The molecule has 0 saturated heterocycles. The molecule has 0 amide bonds. The number of nitrogens with one attached hydrogen (secondary N) is 1. The van der Waals surface area contributed by atoms with E-state index in [0.717, 1.165) is 19.5 Å². The second-order valence-electron chi connectivity index (χ2n) is 6.36. The van der Waals surface area contributed by atoms with E-state index in [2.05, 4.69) is 22.1 Å². The van der Waals surface area contributed by atoms with Crippen molar-refractivity contribution in [3.8, 4) is 11.5 Å². The number of ketones is 1. The van der Waals surface area contributed by atoms with E-state index in [0.29, 0.717) is 29.4 Å². The first-order valence-corrected chi connectivity index (χ1v) is 9.29. The number of likely N-dealkylation sites (N-methyl/N-ethyl adjacent to an activating group) is 1. The zero-order valence-electron chi connectivity index (χ0n) is 16.5. The molecule has 0 atom stereocenters. The third-order valence-electron chi connectivity index (χ3n) is 4.22. The minimum absolute atomic E-state index is 0.0694. The van der Waals surface area contributed by atoms with Crippen molar-refractivity contribution in [3.63, 3.8) is 0 Å². The molecule has 0 bridgehead atoms. The number of nitrogens with zero attached hydrogens (tertiary/aromatic N) is 3. The Labute approximate surface area is 164 Å². The van der Waals surface area contributed by atoms with Gasteiger partial charge in [-0.2, -0.15) is 0 Å². The average molecular weight is 386 g/mol. The van der Waals surface area contributed by atoms with Crippen LogP contribution in [-0.2, 0) is 11.2 Å². The molecule has 8 nitrogen and oxygen atoms in total. The van der Waals surface area contributed by atoms with Gasteiger partial charge in [0.15, 0.2) is 5.78 Å². The Bertz CT molecular complexity index is 826. The molecule has 0 aliphatic carbocycles. The first-order valence-electron chi connectivity index (χ1n) is 9.29. The standard InChI is InChI=1S/C20H26N4O4/c1-4-10-23(5-2)14-16(25)11-15-12-18(8-9-22-15)28-17-6-7-19(21-3)20(13-17)24(26)27/h6-9,12-13,21H,4-5,10-11,14H2,1-3H3. The van der Waals surface area contributed by atoms with Gasteiger partial charge in [0.1, 0.15) is 17.2 Å². The molecule has 28 heavy (non-hydrogen) atoms. The van der Waals surface area contributed by atoms with Crippen molar-refractivity contribution in [2.75, 3.05) is 32.0 Å².